The standard InChI is InChI=1S/C45H88O5/c1-4-7-10-13-16-18-19-20-21-22-23-24-25-26-27-28-30-32-35-38-44(46)49-42-43(41-48-40-37-34-31-17-14-11-8-5-2)50-45(47)39-36-33-29-15-12-9-6-3/h43H,4-42H2,1-3H3. The van der Waals surface area contributed by atoms with E-state index in [1.807, 2.05) is 0 Å². The quantitative estimate of drug-likeness (QED) is 0.0466. The molecule has 0 aromatic rings. The van der Waals surface area contributed by atoms with Crippen molar-refractivity contribution in [3.63, 3.8) is 0 Å². The molecular formula is C45H88O5. The Morgan fingerprint density at radius 3 is 1.02 bits per heavy atom. The molecule has 0 fully saturated rings. The van der Waals surface area contributed by atoms with Crippen LogP contribution in [0.2, 0.25) is 0 Å². The van der Waals surface area contributed by atoms with Crippen LogP contribution in [0.3, 0.4) is 0 Å². The number of hydrogen-bond acceptors (Lipinski definition) is 5. The first-order valence-corrected chi connectivity index (χ1v) is 22.6. The second-order valence-corrected chi connectivity index (χ2v) is 15.3. The van der Waals surface area contributed by atoms with Gasteiger partial charge in [-0.1, -0.05) is 220 Å². The molecule has 0 N–H and O–H groups in total. The first-order chi connectivity index (χ1) is 24.6. The summed E-state index contributed by atoms with van der Waals surface area (Å²) in [6.07, 6.45) is 44.0. The van der Waals surface area contributed by atoms with E-state index < -0.39 is 6.10 Å². The number of hydrogen-bond donors (Lipinski definition) is 0. The predicted octanol–water partition coefficient (Wildman–Crippen LogP) is 14.6. The van der Waals surface area contributed by atoms with Crippen LogP contribution in [0.4, 0.5) is 0 Å². The Morgan fingerprint density at radius 2 is 0.660 bits per heavy atom. The van der Waals surface area contributed by atoms with Gasteiger partial charge in [0, 0.05) is 19.4 Å². The van der Waals surface area contributed by atoms with Crippen molar-refractivity contribution in [3.05, 3.63) is 0 Å². The Morgan fingerprint density at radius 1 is 0.360 bits per heavy atom. The van der Waals surface area contributed by atoms with Crippen molar-refractivity contribution in [1.29, 1.82) is 0 Å². The Bertz CT molecular complexity index is 680. The second kappa shape index (κ2) is 42.3. The van der Waals surface area contributed by atoms with Crippen molar-refractivity contribution in [3.8, 4) is 0 Å². The van der Waals surface area contributed by atoms with Gasteiger partial charge in [0.2, 0.25) is 0 Å². The van der Waals surface area contributed by atoms with Crippen LogP contribution in [0.5, 0.6) is 0 Å². The Hall–Kier alpha value is -1.10. The molecule has 0 saturated heterocycles. The summed E-state index contributed by atoms with van der Waals surface area (Å²) in [7, 11) is 0. The maximum atomic E-state index is 12.6. The molecule has 0 heterocycles. The smallest absolute Gasteiger partial charge is 0.306 e. The number of esters is 2. The molecule has 0 bridgehead atoms. The van der Waals surface area contributed by atoms with Gasteiger partial charge in [-0.25, -0.2) is 0 Å². The molecule has 5 heteroatoms. The van der Waals surface area contributed by atoms with E-state index in [2.05, 4.69) is 20.8 Å². The number of unbranched alkanes of at least 4 members (excludes halogenated alkanes) is 31. The van der Waals surface area contributed by atoms with Crippen LogP contribution in [0.1, 0.15) is 252 Å². The van der Waals surface area contributed by atoms with E-state index in [4.69, 9.17) is 14.2 Å². The third kappa shape index (κ3) is 39.7. The monoisotopic (exact) mass is 709 g/mol. The average molecular weight is 709 g/mol. The summed E-state index contributed by atoms with van der Waals surface area (Å²) in [4.78, 5) is 25.0. The van der Waals surface area contributed by atoms with E-state index in [1.54, 1.807) is 0 Å². The van der Waals surface area contributed by atoms with Gasteiger partial charge in [0.25, 0.3) is 0 Å². The third-order valence-corrected chi connectivity index (χ3v) is 10.1. The van der Waals surface area contributed by atoms with Gasteiger partial charge in [-0.3, -0.25) is 9.59 Å². The molecule has 0 spiro atoms. The fraction of sp³-hybridized carbons (Fsp3) is 0.956. The molecule has 50 heavy (non-hydrogen) atoms. The molecule has 298 valence electrons. The SMILES string of the molecule is CCCCCCCCCCCCCCCCCCCCCC(=O)OCC(COCCCCCCCCCC)OC(=O)CCCCCCCCC. The topological polar surface area (TPSA) is 61.8 Å². The summed E-state index contributed by atoms with van der Waals surface area (Å²) in [6.45, 7) is 7.82. The van der Waals surface area contributed by atoms with E-state index in [0.717, 1.165) is 32.1 Å². The van der Waals surface area contributed by atoms with E-state index >= 15 is 0 Å². The van der Waals surface area contributed by atoms with Crippen molar-refractivity contribution in [2.24, 2.45) is 0 Å². The summed E-state index contributed by atoms with van der Waals surface area (Å²) in [5.74, 6) is -0.387. The zero-order chi connectivity index (χ0) is 36.4. The molecule has 0 rings (SSSR count). The molecule has 0 aromatic heterocycles. The molecule has 0 radical (unpaired) electrons. The highest BCUT2D eigenvalue weighted by molar-refractivity contribution is 5.70. The van der Waals surface area contributed by atoms with Gasteiger partial charge in [0.15, 0.2) is 6.10 Å². The van der Waals surface area contributed by atoms with Crippen LogP contribution in [0, 0.1) is 0 Å². The van der Waals surface area contributed by atoms with Crippen molar-refractivity contribution < 1.29 is 23.8 Å². The van der Waals surface area contributed by atoms with Crippen molar-refractivity contribution in [2.75, 3.05) is 19.8 Å². The molecule has 0 aromatic carbocycles. The summed E-state index contributed by atoms with van der Waals surface area (Å²) >= 11 is 0. The lowest BCUT2D eigenvalue weighted by atomic mass is 10.0. The lowest BCUT2D eigenvalue weighted by Gasteiger charge is -2.18. The number of ether oxygens (including phenoxy) is 3. The van der Waals surface area contributed by atoms with Gasteiger partial charge in [-0.15, -0.1) is 0 Å². The van der Waals surface area contributed by atoms with E-state index in [-0.39, 0.29) is 18.5 Å². The predicted molar refractivity (Wildman–Crippen MR) is 215 cm³/mol. The molecule has 0 saturated carbocycles. The molecule has 1 unspecified atom stereocenters. The lowest BCUT2D eigenvalue weighted by Crippen LogP contribution is -2.30. The highest BCUT2D eigenvalue weighted by Gasteiger charge is 2.17. The molecule has 0 amide bonds. The van der Waals surface area contributed by atoms with Crippen LogP contribution in [-0.2, 0) is 23.8 Å². The highest BCUT2D eigenvalue weighted by atomic mass is 16.6. The molecule has 0 aliphatic carbocycles. The van der Waals surface area contributed by atoms with E-state index in [0.29, 0.717) is 26.1 Å². The highest BCUT2D eigenvalue weighted by Crippen LogP contribution is 2.16. The minimum absolute atomic E-state index is 0.0954. The van der Waals surface area contributed by atoms with E-state index in [1.165, 1.54) is 186 Å². The Balaban J connectivity index is 3.97. The average Bonchev–Trinajstić information content (AvgIpc) is 3.11. The minimum atomic E-state index is -0.518. The van der Waals surface area contributed by atoms with Gasteiger partial charge in [0.05, 0.1) is 6.61 Å². The van der Waals surface area contributed by atoms with Crippen LogP contribution >= 0.6 is 0 Å². The number of carbonyl (C=O) groups excluding carboxylic acids is 2. The van der Waals surface area contributed by atoms with Crippen LogP contribution in [-0.4, -0.2) is 37.9 Å². The first kappa shape index (κ1) is 48.9. The van der Waals surface area contributed by atoms with Gasteiger partial charge in [-0.2, -0.15) is 0 Å². The first-order valence-electron chi connectivity index (χ1n) is 22.6. The maximum absolute atomic E-state index is 12.6. The second-order valence-electron chi connectivity index (χ2n) is 15.3. The van der Waals surface area contributed by atoms with Gasteiger partial charge >= 0.3 is 11.9 Å². The van der Waals surface area contributed by atoms with Crippen molar-refractivity contribution in [1.82, 2.24) is 0 Å². The molecule has 0 aliphatic heterocycles. The summed E-state index contributed by atoms with van der Waals surface area (Å²) in [5, 5.41) is 0. The molecule has 5 nitrogen and oxygen atoms in total. The van der Waals surface area contributed by atoms with Crippen LogP contribution in [0.15, 0.2) is 0 Å². The fourth-order valence-electron chi connectivity index (χ4n) is 6.75. The zero-order valence-corrected chi connectivity index (χ0v) is 34.2. The van der Waals surface area contributed by atoms with Gasteiger partial charge in [-0.05, 0) is 19.3 Å². The van der Waals surface area contributed by atoms with Crippen LogP contribution < -0.4 is 0 Å². The normalized spacial score (nSPS) is 12.0. The number of carbonyl (C=O) groups is 2. The van der Waals surface area contributed by atoms with Gasteiger partial charge < -0.3 is 14.2 Å². The third-order valence-electron chi connectivity index (χ3n) is 10.1. The Labute approximate surface area is 312 Å². The maximum Gasteiger partial charge on any atom is 0.306 e. The number of rotatable bonds is 42. The largest absolute Gasteiger partial charge is 0.462 e. The van der Waals surface area contributed by atoms with Gasteiger partial charge in [0.1, 0.15) is 6.61 Å². The summed E-state index contributed by atoms with van der Waals surface area (Å²) in [6, 6.07) is 0. The summed E-state index contributed by atoms with van der Waals surface area (Å²) < 4.78 is 17.2. The van der Waals surface area contributed by atoms with Crippen molar-refractivity contribution in [2.45, 2.75) is 258 Å². The lowest BCUT2D eigenvalue weighted by molar-refractivity contribution is -0.163. The fourth-order valence-corrected chi connectivity index (χ4v) is 6.75. The molecule has 0 aliphatic rings. The van der Waals surface area contributed by atoms with E-state index in [9.17, 15) is 9.59 Å². The summed E-state index contributed by atoms with van der Waals surface area (Å²) in [5.41, 5.74) is 0. The molecule has 1 atom stereocenters. The Kier molecular flexibility index (Phi) is 41.4. The zero-order valence-electron chi connectivity index (χ0n) is 34.2. The minimum Gasteiger partial charge on any atom is -0.462 e. The van der Waals surface area contributed by atoms with Crippen LogP contribution in [0.25, 0.3) is 0 Å². The molecular weight excluding hydrogens is 620 g/mol. The van der Waals surface area contributed by atoms with Crippen molar-refractivity contribution >= 4 is 11.9 Å².